The second-order valence-corrected chi connectivity index (χ2v) is 8.98. The van der Waals surface area contributed by atoms with Crippen LogP contribution in [0, 0.1) is 35.0 Å². The molecule has 2 nitrogen and oxygen atoms in total. The fraction of sp³-hybridized carbons (Fsp3) is 0.850. The largest absolute Gasteiger partial charge is 0.393 e. The molecule has 0 amide bonds. The number of hydrogen-bond acceptors (Lipinski definition) is 2. The summed E-state index contributed by atoms with van der Waals surface area (Å²) in [4.78, 5) is 11.8. The molecule has 0 spiro atoms. The average Bonchev–Trinajstić information content (AvgIpc) is 2.79. The Hall–Kier alpha value is -0.700. The van der Waals surface area contributed by atoms with Crippen LogP contribution in [0.3, 0.4) is 0 Å². The van der Waals surface area contributed by atoms with Crippen LogP contribution in [0.4, 0.5) is 4.39 Å². The van der Waals surface area contributed by atoms with E-state index < -0.39 is 5.67 Å². The van der Waals surface area contributed by atoms with Crippen LogP contribution in [0.1, 0.15) is 58.8 Å². The van der Waals surface area contributed by atoms with Crippen LogP contribution in [0.2, 0.25) is 0 Å². The van der Waals surface area contributed by atoms with Crippen molar-refractivity contribution in [2.24, 2.45) is 35.0 Å². The maximum absolute atomic E-state index is 15.3. The molecule has 23 heavy (non-hydrogen) atoms. The van der Waals surface area contributed by atoms with E-state index in [4.69, 9.17) is 0 Å². The van der Waals surface area contributed by atoms with Gasteiger partial charge in [-0.25, -0.2) is 4.39 Å². The minimum Gasteiger partial charge on any atom is -0.393 e. The second kappa shape index (κ2) is 5.15. The van der Waals surface area contributed by atoms with Gasteiger partial charge in [-0.2, -0.15) is 0 Å². The van der Waals surface area contributed by atoms with E-state index in [-0.39, 0.29) is 12.0 Å². The number of aliphatic hydroxyl groups is 1. The zero-order chi connectivity index (χ0) is 16.4. The first-order valence-electron chi connectivity index (χ1n) is 9.43. The van der Waals surface area contributed by atoms with E-state index in [9.17, 15) is 9.90 Å². The fourth-order valence-electron chi connectivity index (χ4n) is 6.93. The number of alkyl halides is 1. The van der Waals surface area contributed by atoms with Gasteiger partial charge < -0.3 is 5.11 Å². The van der Waals surface area contributed by atoms with Gasteiger partial charge in [0.1, 0.15) is 5.67 Å². The second-order valence-electron chi connectivity index (χ2n) is 8.98. The van der Waals surface area contributed by atoms with E-state index in [1.165, 1.54) is 5.57 Å². The summed E-state index contributed by atoms with van der Waals surface area (Å²) in [6.07, 6.45) is 8.03. The molecule has 3 saturated carbocycles. The predicted octanol–water partition coefficient (Wildman–Crippen LogP) is 4.07. The minimum atomic E-state index is -1.39. The third kappa shape index (κ3) is 2.04. The maximum Gasteiger partial charge on any atom is 0.155 e. The summed E-state index contributed by atoms with van der Waals surface area (Å²) in [6.45, 7) is 4.07. The highest BCUT2D eigenvalue weighted by molar-refractivity contribution is 5.91. The Bertz CT molecular complexity index is 556. The molecule has 4 aliphatic carbocycles. The first-order valence-corrected chi connectivity index (χ1v) is 9.43. The zero-order valence-electron chi connectivity index (χ0n) is 14.4. The normalized spacial score (nSPS) is 52.4. The van der Waals surface area contributed by atoms with Crippen molar-refractivity contribution in [1.29, 1.82) is 0 Å². The van der Waals surface area contributed by atoms with Crippen LogP contribution in [-0.4, -0.2) is 23.2 Å². The Kier molecular flexibility index (Phi) is 3.54. The van der Waals surface area contributed by atoms with Gasteiger partial charge in [0.15, 0.2) is 5.78 Å². The number of carbonyl (C=O) groups is 1. The number of carbonyl (C=O) groups excluding carboxylic acids is 1. The summed E-state index contributed by atoms with van der Waals surface area (Å²) >= 11 is 0. The number of fused-ring (bicyclic) bond motifs is 5. The van der Waals surface area contributed by atoms with E-state index >= 15 is 4.39 Å². The van der Waals surface area contributed by atoms with E-state index in [2.05, 4.69) is 13.8 Å². The molecule has 0 bridgehead atoms. The van der Waals surface area contributed by atoms with E-state index in [1.807, 2.05) is 6.08 Å². The Balaban J connectivity index is 1.68. The van der Waals surface area contributed by atoms with Crippen LogP contribution >= 0.6 is 0 Å². The molecule has 4 rings (SSSR count). The monoisotopic (exact) mass is 320 g/mol. The molecule has 0 heterocycles. The molecule has 0 unspecified atom stereocenters. The highest BCUT2D eigenvalue weighted by Crippen LogP contribution is 2.66. The van der Waals surface area contributed by atoms with Gasteiger partial charge in [-0.15, -0.1) is 0 Å². The lowest BCUT2D eigenvalue weighted by atomic mass is 9.48. The Labute approximate surface area is 138 Å². The van der Waals surface area contributed by atoms with Crippen LogP contribution in [0.25, 0.3) is 0 Å². The average molecular weight is 320 g/mol. The van der Waals surface area contributed by atoms with Crippen molar-refractivity contribution in [3.63, 3.8) is 0 Å². The van der Waals surface area contributed by atoms with Crippen molar-refractivity contribution in [3.05, 3.63) is 11.6 Å². The Morgan fingerprint density at radius 2 is 2.09 bits per heavy atom. The quantitative estimate of drug-likeness (QED) is 0.790. The lowest BCUT2D eigenvalue weighted by Crippen LogP contribution is -2.54. The molecule has 0 saturated heterocycles. The number of ketones is 1. The van der Waals surface area contributed by atoms with Crippen LogP contribution < -0.4 is 0 Å². The number of rotatable bonds is 1. The highest BCUT2D eigenvalue weighted by Gasteiger charge is 2.64. The molecule has 3 heteroatoms. The predicted molar refractivity (Wildman–Crippen MR) is 87.6 cm³/mol. The lowest BCUT2D eigenvalue weighted by molar-refractivity contribution is -0.118. The van der Waals surface area contributed by atoms with Gasteiger partial charge in [-0.3, -0.25) is 4.79 Å². The third-order valence-electron chi connectivity index (χ3n) is 8.16. The van der Waals surface area contributed by atoms with E-state index in [0.29, 0.717) is 48.2 Å². The van der Waals surface area contributed by atoms with Crippen LogP contribution in [-0.2, 0) is 4.79 Å². The first kappa shape index (κ1) is 15.8. The molecule has 1 N–H and O–H groups in total. The minimum absolute atomic E-state index is 0.298. The smallest absolute Gasteiger partial charge is 0.155 e. The molecular weight excluding hydrogens is 291 g/mol. The van der Waals surface area contributed by atoms with Crippen molar-refractivity contribution in [3.8, 4) is 0 Å². The van der Waals surface area contributed by atoms with Gasteiger partial charge in [0.25, 0.3) is 0 Å². The van der Waals surface area contributed by atoms with Crippen LogP contribution in [0.15, 0.2) is 11.6 Å². The van der Waals surface area contributed by atoms with Gasteiger partial charge in [0, 0.05) is 11.8 Å². The molecule has 7 atom stereocenters. The molecule has 0 aliphatic heterocycles. The van der Waals surface area contributed by atoms with Crippen molar-refractivity contribution in [2.45, 2.75) is 64.5 Å². The van der Waals surface area contributed by atoms with Crippen molar-refractivity contribution in [1.82, 2.24) is 0 Å². The standard InChI is InChI=1S/C20H29FO2/c1-12-9-13-10-14(23)3-4-15(13)16-5-7-19(2)17(18(12)16)6-8-20(19,21)11-22/h10,12,15-18,22H,3-9,11H2,1-2H3/t12-,15+,16-,17-,18-,19+,20+/m1/s1. The van der Waals surface area contributed by atoms with Gasteiger partial charge in [0.2, 0.25) is 0 Å². The number of aliphatic hydroxyl groups excluding tert-OH is 1. The zero-order valence-corrected chi connectivity index (χ0v) is 14.4. The first-order chi connectivity index (χ1) is 10.9. The summed E-state index contributed by atoms with van der Waals surface area (Å²) in [6, 6.07) is 0. The summed E-state index contributed by atoms with van der Waals surface area (Å²) in [5.74, 6) is 2.96. The van der Waals surface area contributed by atoms with E-state index in [1.54, 1.807) is 0 Å². The third-order valence-corrected chi connectivity index (χ3v) is 8.16. The topological polar surface area (TPSA) is 37.3 Å². The maximum atomic E-state index is 15.3. The lowest BCUT2D eigenvalue weighted by Gasteiger charge is -2.56. The fourth-order valence-corrected chi connectivity index (χ4v) is 6.93. The molecule has 0 aromatic carbocycles. The molecule has 3 fully saturated rings. The van der Waals surface area contributed by atoms with Crippen molar-refractivity contribution in [2.75, 3.05) is 6.61 Å². The number of hydrogen-bond donors (Lipinski definition) is 1. The summed E-state index contributed by atoms with van der Waals surface area (Å²) < 4.78 is 15.3. The van der Waals surface area contributed by atoms with Crippen molar-refractivity contribution >= 4 is 5.78 Å². The molecular formula is C20H29FO2. The number of allylic oxidation sites excluding steroid dienone is 1. The van der Waals surface area contributed by atoms with Crippen molar-refractivity contribution < 1.29 is 14.3 Å². The van der Waals surface area contributed by atoms with Gasteiger partial charge in [-0.05, 0) is 74.2 Å². The molecule has 128 valence electrons. The summed E-state index contributed by atoms with van der Waals surface area (Å²) in [5.41, 5.74) is -0.366. The Morgan fingerprint density at radius 1 is 1.30 bits per heavy atom. The summed E-state index contributed by atoms with van der Waals surface area (Å²) in [5, 5.41) is 9.69. The summed E-state index contributed by atoms with van der Waals surface area (Å²) in [7, 11) is 0. The van der Waals surface area contributed by atoms with E-state index in [0.717, 1.165) is 32.1 Å². The Morgan fingerprint density at radius 3 is 2.83 bits per heavy atom. The van der Waals surface area contributed by atoms with Gasteiger partial charge in [-0.1, -0.05) is 19.4 Å². The number of halogens is 1. The molecule has 4 aliphatic rings. The van der Waals surface area contributed by atoms with Gasteiger partial charge in [0.05, 0.1) is 6.61 Å². The molecule has 0 radical (unpaired) electrons. The molecule has 0 aromatic heterocycles. The highest BCUT2D eigenvalue weighted by atomic mass is 19.1. The van der Waals surface area contributed by atoms with Gasteiger partial charge >= 0.3 is 0 Å². The van der Waals surface area contributed by atoms with Crippen LogP contribution in [0.5, 0.6) is 0 Å². The SMILES string of the molecule is C[C@@H]1CC2=CC(=O)CC[C@@H]2[C@H]2CC[C@@]3(C)[C@H](CC[C@]3(F)CO)[C@@H]21. The molecule has 0 aromatic rings.